The summed E-state index contributed by atoms with van der Waals surface area (Å²) in [5, 5.41) is 16.4. The van der Waals surface area contributed by atoms with E-state index in [9.17, 15) is 36.3 Å². The molecule has 2 heterocycles. The van der Waals surface area contributed by atoms with E-state index in [4.69, 9.17) is 4.74 Å². The average molecular weight is 624 g/mol. The van der Waals surface area contributed by atoms with Crippen LogP contribution < -0.4 is 10.1 Å². The van der Waals surface area contributed by atoms with Gasteiger partial charge in [-0.3, -0.25) is 4.79 Å². The molecule has 1 amide bonds. The number of likely N-dealkylation sites (N-methyl/N-ethyl adjacent to an activating group) is 1. The summed E-state index contributed by atoms with van der Waals surface area (Å²) in [5.41, 5.74) is -1.74. The summed E-state index contributed by atoms with van der Waals surface area (Å²) in [6.07, 6.45) is -4.57. The Labute approximate surface area is 246 Å². The van der Waals surface area contributed by atoms with Gasteiger partial charge in [-0.1, -0.05) is 0 Å². The summed E-state index contributed by atoms with van der Waals surface area (Å²) in [4.78, 5) is 26.4. The predicted molar refractivity (Wildman–Crippen MR) is 151 cm³/mol. The minimum absolute atomic E-state index is 0.0290. The zero-order valence-electron chi connectivity index (χ0n) is 24.2. The molecule has 0 atom stereocenters. The van der Waals surface area contributed by atoms with E-state index in [0.29, 0.717) is 13.1 Å². The Balaban J connectivity index is 1.76. The number of halogens is 3. The lowest BCUT2D eigenvalue weighted by molar-refractivity contribution is -0.137. The highest BCUT2D eigenvalue weighted by Crippen LogP contribution is 2.38. The van der Waals surface area contributed by atoms with Crippen molar-refractivity contribution in [2.45, 2.75) is 44.3 Å². The van der Waals surface area contributed by atoms with Crippen molar-refractivity contribution in [3.8, 4) is 11.6 Å². The molecule has 0 saturated carbocycles. The van der Waals surface area contributed by atoms with Gasteiger partial charge in [0.15, 0.2) is 5.69 Å². The third kappa shape index (κ3) is 6.84. The standard InChI is InChI=1S/C28H32F3N5O6S/c1-17-23(26(38)39)33-36(27(2,3)4)25(17)42-21-11-10-20(16-22(21)43(40,41)35-14-12-34(5)13-15-35)32-24(37)18-6-8-19(9-7-18)28(29,30)31/h6-11,16H,12-15H2,1-5H3,(H,32,37)(H,38,39). The van der Waals surface area contributed by atoms with Crippen molar-refractivity contribution in [2.24, 2.45) is 0 Å². The number of carboxylic acid groups (broad SMARTS) is 1. The second kappa shape index (κ2) is 11.6. The number of nitrogens with zero attached hydrogens (tertiary/aromatic N) is 4. The average Bonchev–Trinajstić information content (AvgIpc) is 3.25. The van der Waals surface area contributed by atoms with E-state index in [1.165, 1.54) is 34.1 Å². The van der Waals surface area contributed by atoms with Gasteiger partial charge in [-0.2, -0.15) is 22.6 Å². The van der Waals surface area contributed by atoms with Crippen molar-refractivity contribution in [2.75, 3.05) is 38.5 Å². The smallest absolute Gasteiger partial charge is 0.416 e. The Morgan fingerprint density at radius 3 is 2.14 bits per heavy atom. The first-order chi connectivity index (χ1) is 19.9. The maximum Gasteiger partial charge on any atom is 0.416 e. The van der Waals surface area contributed by atoms with Gasteiger partial charge in [-0.15, -0.1) is 0 Å². The number of sulfonamides is 1. The maximum absolute atomic E-state index is 13.9. The summed E-state index contributed by atoms with van der Waals surface area (Å²) >= 11 is 0. The molecule has 2 aromatic carbocycles. The van der Waals surface area contributed by atoms with E-state index in [2.05, 4.69) is 10.4 Å². The first-order valence-corrected chi connectivity index (χ1v) is 14.7. The molecule has 1 fully saturated rings. The van der Waals surface area contributed by atoms with Crippen LogP contribution in [0.15, 0.2) is 47.4 Å². The number of nitrogens with one attached hydrogen (secondary N) is 1. The number of rotatable bonds is 7. The molecule has 43 heavy (non-hydrogen) atoms. The monoisotopic (exact) mass is 623 g/mol. The Morgan fingerprint density at radius 2 is 1.60 bits per heavy atom. The molecule has 1 saturated heterocycles. The quantitative estimate of drug-likeness (QED) is 0.389. The molecular formula is C28H32F3N5O6S. The number of benzene rings is 2. The molecule has 2 N–H and O–H groups in total. The van der Waals surface area contributed by atoms with Crippen molar-refractivity contribution < 1.29 is 41.0 Å². The number of carboxylic acids is 1. The van der Waals surface area contributed by atoms with E-state index in [0.717, 1.165) is 24.3 Å². The normalized spacial score (nSPS) is 15.3. The molecule has 1 aliphatic rings. The van der Waals surface area contributed by atoms with Gasteiger partial charge in [0.2, 0.25) is 15.9 Å². The zero-order chi connectivity index (χ0) is 31.9. The van der Waals surface area contributed by atoms with E-state index < -0.39 is 39.2 Å². The highest BCUT2D eigenvalue weighted by atomic mass is 32.2. The molecule has 0 aliphatic carbocycles. The van der Waals surface area contributed by atoms with Crippen molar-refractivity contribution in [1.82, 2.24) is 19.0 Å². The Morgan fingerprint density at radius 1 is 1.00 bits per heavy atom. The lowest BCUT2D eigenvalue weighted by atomic mass is 10.1. The molecule has 1 aliphatic heterocycles. The van der Waals surface area contributed by atoms with Crippen molar-refractivity contribution in [3.63, 3.8) is 0 Å². The van der Waals surface area contributed by atoms with Crippen LogP contribution in [0.3, 0.4) is 0 Å². The molecule has 1 aromatic heterocycles. The van der Waals surface area contributed by atoms with Crippen LogP contribution >= 0.6 is 0 Å². The largest absolute Gasteiger partial charge is 0.476 e. The maximum atomic E-state index is 13.9. The minimum Gasteiger partial charge on any atom is -0.476 e. The SMILES string of the molecule is Cc1c(C(=O)O)nn(C(C)(C)C)c1Oc1ccc(NC(=O)c2ccc(C(F)(F)F)cc2)cc1S(=O)(=O)N1CCN(C)CC1. The summed E-state index contributed by atoms with van der Waals surface area (Å²) in [6.45, 7) is 8.20. The van der Waals surface area contributed by atoms with Crippen LogP contribution in [0.25, 0.3) is 0 Å². The summed E-state index contributed by atoms with van der Waals surface area (Å²) in [5.74, 6) is -2.13. The van der Waals surface area contributed by atoms with Gasteiger partial charge in [-0.25, -0.2) is 17.9 Å². The first kappa shape index (κ1) is 32.0. The van der Waals surface area contributed by atoms with Gasteiger partial charge < -0.3 is 20.1 Å². The Hall–Kier alpha value is -3.95. The lowest BCUT2D eigenvalue weighted by Gasteiger charge is -2.32. The van der Waals surface area contributed by atoms with E-state index >= 15 is 0 Å². The number of amides is 1. The zero-order valence-corrected chi connectivity index (χ0v) is 25.0. The molecule has 0 unspecified atom stereocenters. The summed E-state index contributed by atoms with van der Waals surface area (Å²) < 4.78 is 75.4. The molecule has 232 valence electrons. The van der Waals surface area contributed by atoms with Crippen molar-refractivity contribution in [1.29, 1.82) is 0 Å². The van der Waals surface area contributed by atoms with Crippen LogP contribution in [0.1, 0.15) is 52.7 Å². The van der Waals surface area contributed by atoms with Gasteiger partial charge in [0, 0.05) is 43.0 Å². The topological polar surface area (TPSA) is 134 Å². The summed E-state index contributed by atoms with van der Waals surface area (Å²) in [7, 11) is -2.33. The van der Waals surface area contributed by atoms with Gasteiger partial charge in [-0.05, 0) is 77.2 Å². The van der Waals surface area contributed by atoms with E-state index in [-0.39, 0.29) is 52.1 Å². The molecule has 0 radical (unpaired) electrons. The van der Waals surface area contributed by atoms with Crippen LogP contribution in [0.5, 0.6) is 11.6 Å². The number of alkyl halides is 3. The summed E-state index contributed by atoms with van der Waals surface area (Å²) in [6, 6.07) is 7.51. The number of piperazine rings is 1. The minimum atomic E-state index is -4.57. The molecule has 4 rings (SSSR count). The molecule has 0 bridgehead atoms. The van der Waals surface area contributed by atoms with Gasteiger partial charge in [0.25, 0.3) is 5.91 Å². The number of carbonyl (C=O) groups is 2. The van der Waals surface area contributed by atoms with Crippen LogP contribution in [-0.4, -0.2) is 77.6 Å². The van der Waals surface area contributed by atoms with E-state index in [1.54, 1.807) is 20.8 Å². The van der Waals surface area contributed by atoms with Crippen LogP contribution in [0.4, 0.5) is 18.9 Å². The molecule has 0 spiro atoms. The third-order valence-corrected chi connectivity index (χ3v) is 8.79. The Bertz CT molecular complexity index is 1640. The second-order valence-electron chi connectivity index (χ2n) is 11.2. The number of anilines is 1. The van der Waals surface area contributed by atoms with Crippen LogP contribution in [0, 0.1) is 6.92 Å². The van der Waals surface area contributed by atoms with Gasteiger partial charge in [0.05, 0.1) is 11.1 Å². The number of aromatic nitrogens is 2. The number of hydrogen-bond donors (Lipinski definition) is 2. The predicted octanol–water partition coefficient (Wildman–Crippen LogP) is 4.64. The molecular weight excluding hydrogens is 591 g/mol. The van der Waals surface area contributed by atoms with Crippen molar-refractivity contribution in [3.05, 3.63) is 64.8 Å². The number of ether oxygens (including phenoxy) is 1. The number of aromatic carboxylic acids is 1. The van der Waals surface area contributed by atoms with Gasteiger partial charge >= 0.3 is 12.1 Å². The fourth-order valence-corrected chi connectivity index (χ4v) is 5.98. The first-order valence-electron chi connectivity index (χ1n) is 13.2. The molecule has 11 nitrogen and oxygen atoms in total. The lowest BCUT2D eigenvalue weighted by Crippen LogP contribution is -2.47. The molecule has 15 heteroatoms. The Kier molecular flexibility index (Phi) is 8.64. The second-order valence-corrected chi connectivity index (χ2v) is 13.1. The number of hydrogen-bond acceptors (Lipinski definition) is 7. The fraction of sp³-hybridized carbons (Fsp3) is 0.393. The van der Waals surface area contributed by atoms with Crippen LogP contribution in [0.2, 0.25) is 0 Å². The highest BCUT2D eigenvalue weighted by molar-refractivity contribution is 7.89. The molecule has 3 aromatic rings. The van der Waals surface area contributed by atoms with Gasteiger partial charge in [0.1, 0.15) is 10.6 Å². The number of carbonyl (C=O) groups excluding carboxylic acids is 1. The highest BCUT2D eigenvalue weighted by Gasteiger charge is 2.34. The van der Waals surface area contributed by atoms with Crippen molar-refractivity contribution >= 4 is 27.6 Å². The fourth-order valence-electron chi connectivity index (χ4n) is 4.42. The van der Waals surface area contributed by atoms with Crippen LogP contribution in [-0.2, 0) is 21.7 Å². The van der Waals surface area contributed by atoms with E-state index in [1.807, 2.05) is 11.9 Å². The third-order valence-electron chi connectivity index (χ3n) is 6.87.